The third-order valence-corrected chi connectivity index (χ3v) is 11.1. The van der Waals surface area contributed by atoms with Crippen LogP contribution in [0.15, 0.2) is 53.6 Å². The van der Waals surface area contributed by atoms with Crippen molar-refractivity contribution < 1.29 is 38.3 Å². The second-order valence-corrected chi connectivity index (χ2v) is 16.4. The molecule has 1 aromatic carbocycles. The fraction of sp³-hybridized carbons (Fsp3) is 0.614. The van der Waals surface area contributed by atoms with E-state index in [0.29, 0.717) is 6.42 Å². The number of likely N-dealkylation sites (N-methyl/N-ethyl adjacent to an activating group) is 2. The molecule has 0 fully saturated rings. The normalized spacial score (nSPS) is 28.8. The van der Waals surface area contributed by atoms with Crippen LogP contribution in [0.2, 0.25) is 0 Å². The van der Waals surface area contributed by atoms with Crippen LogP contribution >= 0.6 is 0 Å². The van der Waals surface area contributed by atoms with Gasteiger partial charge in [-0.25, -0.2) is 4.79 Å². The highest BCUT2D eigenvalue weighted by atomic mass is 16.5. The Morgan fingerprint density at radius 2 is 1.49 bits per heavy atom. The minimum atomic E-state index is -1.22. The van der Waals surface area contributed by atoms with Crippen LogP contribution in [0.25, 0.3) is 0 Å². The molecule has 2 rings (SSSR count). The zero-order chi connectivity index (χ0) is 44.7. The van der Waals surface area contributed by atoms with Crippen molar-refractivity contribution in [3.63, 3.8) is 0 Å². The number of carbonyl (C=O) groups excluding carboxylic acids is 7. The summed E-state index contributed by atoms with van der Waals surface area (Å²) in [4.78, 5) is 98.4. The number of allylic oxidation sites excluding steroid dienone is 1. The van der Waals surface area contributed by atoms with Gasteiger partial charge in [-0.2, -0.15) is 0 Å². The number of hydrogen-bond acceptors (Lipinski definition) is 9. The molecule has 328 valence electrons. The van der Waals surface area contributed by atoms with Gasteiger partial charge in [0, 0.05) is 32.1 Å². The molecule has 0 bridgehead atoms. The molecule has 0 saturated heterocycles. The van der Waals surface area contributed by atoms with E-state index in [9.17, 15) is 33.6 Å². The van der Waals surface area contributed by atoms with Gasteiger partial charge in [-0.1, -0.05) is 89.1 Å². The smallest absolute Gasteiger partial charge is 0.334 e. The molecular weight excluding hydrogens is 755 g/mol. The molecule has 15 heteroatoms. The molecule has 0 saturated carbocycles. The molecule has 1 aliphatic rings. The van der Waals surface area contributed by atoms with E-state index >= 15 is 0 Å². The van der Waals surface area contributed by atoms with E-state index in [1.165, 1.54) is 30.8 Å². The molecule has 15 nitrogen and oxygen atoms in total. The van der Waals surface area contributed by atoms with Gasteiger partial charge in [0.05, 0.1) is 12.6 Å². The molecule has 59 heavy (non-hydrogen) atoms. The predicted octanol–water partition coefficient (Wildman–Crippen LogP) is 2.78. The van der Waals surface area contributed by atoms with Gasteiger partial charge >= 0.3 is 5.97 Å². The van der Waals surface area contributed by atoms with Crippen molar-refractivity contribution in [3.05, 3.63) is 59.2 Å². The van der Waals surface area contributed by atoms with E-state index in [4.69, 9.17) is 10.5 Å². The van der Waals surface area contributed by atoms with Crippen LogP contribution in [-0.2, 0) is 44.7 Å². The Morgan fingerprint density at radius 3 is 2.07 bits per heavy atom. The van der Waals surface area contributed by atoms with Crippen LogP contribution in [0.1, 0.15) is 94.1 Å². The first-order valence-electron chi connectivity index (χ1n) is 20.6. The highest BCUT2D eigenvalue weighted by molar-refractivity contribution is 5.96. The number of ether oxygens (including phenoxy) is 1. The number of amides is 6. The van der Waals surface area contributed by atoms with Gasteiger partial charge in [-0.15, -0.1) is 0 Å². The summed E-state index contributed by atoms with van der Waals surface area (Å²) in [5.41, 5.74) is 8.46. The lowest BCUT2D eigenvalue weighted by molar-refractivity contribution is -0.154. The zero-order valence-corrected chi connectivity index (χ0v) is 37.1. The number of nitrogens with two attached hydrogens (primary N) is 1. The van der Waals surface area contributed by atoms with Crippen LogP contribution < -0.4 is 27.0 Å². The van der Waals surface area contributed by atoms with Crippen LogP contribution in [0.3, 0.4) is 0 Å². The summed E-state index contributed by atoms with van der Waals surface area (Å²) >= 11 is 0. The van der Waals surface area contributed by atoms with E-state index in [0.717, 1.165) is 11.1 Å². The summed E-state index contributed by atoms with van der Waals surface area (Å²) in [6.07, 6.45) is 3.32. The van der Waals surface area contributed by atoms with E-state index in [2.05, 4.69) is 21.3 Å². The van der Waals surface area contributed by atoms with E-state index < -0.39 is 90.3 Å². The highest BCUT2D eigenvalue weighted by Crippen LogP contribution is 2.20. The molecule has 6 N–H and O–H groups in total. The second-order valence-electron chi connectivity index (χ2n) is 16.4. The lowest BCUT2D eigenvalue weighted by atomic mass is 9.87. The first kappa shape index (κ1) is 50.1. The van der Waals surface area contributed by atoms with Gasteiger partial charge in [0.25, 0.3) is 5.91 Å². The molecule has 0 aliphatic carbocycles. The van der Waals surface area contributed by atoms with Crippen LogP contribution in [0.4, 0.5) is 0 Å². The predicted molar refractivity (Wildman–Crippen MR) is 227 cm³/mol. The number of nitrogens with one attached hydrogen (secondary N) is 4. The Bertz CT molecular complexity index is 1700. The number of benzene rings is 1. The summed E-state index contributed by atoms with van der Waals surface area (Å²) in [5.74, 6) is -4.89. The lowest BCUT2D eigenvalue weighted by Crippen LogP contribution is -2.58. The number of rotatable bonds is 7. The van der Waals surface area contributed by atoms with Gasteiger partial charge in [-0.05, 0) is 70.8 Å². The molecular formula is C44H69N7O8. The number of hydrogen-bond donors (Lipinski definition) is 5. The summed E-state index contributed by atoms with van der Waals surface area (Å²) in [5, 5.41) is 11.2. The Labute approximate surface area is 350 Å². The first-order valence-corrected chi connectivity index (χ1v) is 20.6. The maximum absolute atomic E-state index is 14.1. The van der Waals surface area contributed by atoms with Crippen LogP contribution in [0, 0.1) is 17.8 Å². The molecule has 6 amide bonds. The van der Waals surface area contributed by atoms with Crippen molar-refractivity contribution >= 4 is 41.4 Å². The van der Waals surface area contributed by atoms with Crippen molar-refractivity contribution in [3.8, 4) is 0 Å². The summed E-state index contributed by atoms with van der Waals surface area (Å²) < 4.78 is 5.72. The maximum Gasteiger partial charge on any atom is 0.334 e. The molecule has 9 atom stereocenters. The average molecular weight is 824 g/mol. The van der Waals surface area contributed by atoms with Crippen molar-refractivity contribution in [1.29, 1.82) is 0 Å². The molecule has 2 unspecified atom stereocenters. The number of nitrogens with zero attached hydrogens (tertiary/aromatic N) is 2. The minimum absolute atomic E-state index is 0.0507. The topological polar surface area (TPSA) is 209 Å². The summed E-state index contributed by atoms with van der Waals surface area (Å²) in [6.45, 7) is 17.2. The maximum atomic E-state index is 14.1. The fourth-order valence-corrected chi connectivity index (χ4v) is 6.73. The van der Waals surface area contributed by atoms with E-state index in [-0.39, 0.29) is 42.6 Å². The standard InChI is InChI=1S/C44H69N7O8/c1-13-26(5)37-29(8)33(45)21-20-28(7)44(58)59-35(22-25(3)4)40(54)47-31(10)42(56)51(12)34(23-32-18-16-15-17-19-32)43(57)50(11)24-36(52)48-38(27(6)14-2)41(55)46-30(9)39(53)49-37/h13,15-20,25,27,29-31,33-35,37-38H,14,21-24,45H2,1-12H3,(H,46,55)(H,47,54)(H,48,52)(H,49,53)/b26-13+,28-20+/t27?,29-,30+,31-,33-,34+,35+,37+,38?/m0/s1. The largest absolute Gasteiger partial charge is 0.449 e. The lowest BCUT2D eigenvalue weighted by Gasteiger charge is -2.33. The van der Waals surface area contributed by atoms with E-state index in [1.54, 1.807) is 39.0 Å². The Kier molecular flexibility index (Phi) is 20.0. The second kappa shape index (κ2) is 23.5. The molecule has 1 aromatic rings. The summed E-state index contributed by atoms with van der Waals surface area (Å²) in [7, 11) is 2.88. The quantitative estimate of drug-likeness (QED) is 0.202. The Balaban J connectivity index is 2.62. The molecule has 0 aromatic heterocycles. The molecule has 0 radical (unpaired) electrons. The van der Waals surface area contributed by atoms with Gasteiger partial charge in [0.1, 0.15) is 24.2 Å². The van der Waals surface area contributed by atoms with Gasteiger partial charge in [-0.3, -0.25) is 28.8 Å². The zero-order valence-electron chi connectivity index (χ0n) is 37.1. The van der Waals surface area contributed by atoms with Crippen molar-refractivity contribution in [2.45, 2.75) is 137 Å². The van der Waals surface area contributed by atoms with Crippen LogP contribution in [-0.4, -0.2) is 114 Å². The summed E-state index contributed by atoms with van der Waals surface area (Å²) in [6, 6.07) is 3.78. The first-order chi connectivity index (χ1) is 27.6. The van der Waals surface area contributed by atoms with Crippen molar-refractivity contribution in [2.75, 3.05) is 20.6 Å². The highest BCUT2D eigenvalue weighted by Gasteiger charge is 2.36. The minimum Gasteiger partial charge on any atom is -0.449 e. The molecule has 1 heterocycles. The van der Waals surface area contributed by atoms with Crippen molar-refractivity contribution in [2.24, 2.45) is 23.5 Å². The third-order valence-electron chi connectivity index (χ3n) is 11.1. The SMILES string of the molecule is C/C=C(\C)[C@H]1NC(=O)[C@@H](C)NC(=O)C(C(C)CC)NC(=O)CN(C)C(=O)[C@@H](Cc2ccccc2)N(C)C(=O)[C@H](C)NC(=O)[C@@H](CC(C)C)OC(=O)/C(C)=C/C[C@H](N)[C@@H]1C. The third kappa shape index (κ3) is 14.9. The van der Waals surface area contributed by atoms with Crippen molar-refractivity contribution in [1.82, 2.24) is 31.1 Å². The van der Waals surface area contributed by atoms with Gasteiger partial charge in [0.15, 0.2) is 6.10 Å². The number of cyclic esters (lactones) is 1. The monoisotopic (exact) mass is 824 g/mol. The van der Waals surface area contributed by atoms with Crippen LogP contribution in [0.5, 0.6) is 0 Å². The Morgan fingerprint density at radius 1 is 0.881 bits per heavy atom. The number of carbonyl (C=O) groups is 7. The van der Waals surface area contributed by atoms with Gasteiger partial charge < -0.3 is 41.5 Å². The molecule has 1 aliphatic heterocycles. The van der Waals surface area contributed by atoms with Gasteiger partial charge in [0.2, 0.25) is 29.5 Å². The Hall–Kier alpha value is -5.05. The average Bonchev–Trinajstić information content (AvgIpc) is 3.20. The fourth-order valence-electron chi connectivity index (χ4n) is 6.73. The van der Waals surface area contributed by atoms with E-state index in [1.807, 2.05) is 65.8 Å². The molecule has 0 spiro atoms. The number of esters is 1.